The maximum atomic E-state index is 12.6. The Bertz CT molecular complexity index is 421. The van der Waals surface area contributed by atoms with Crippen LogP contribution < -0.4 is 5.32 Å². The first-order valence-corrected chi connectivity index (χ1v) is 8.85. The first kappa shape index (κ1) is 22.0. The van der Waals surface area contributed by atoms with Crippen molar-refractivity contribution in [2.45, 2.75) is 59.8 Å². The van der Waals surface area contributed by atoms with Gasteiger partial charge in [0, 0.05) is 24.1 Å². The summed E-state index contributed by atoms with van der Waals surface area (Å²) in [5.41, 5.74) is -0.332. The van der Waals surface area contributed by atoms with Crippen molar-refractivity contribution in [3.8, 4) is 0 Å². The molecule has 0 aromatic rings. The fourth-order valence-electron chi connectivity index (χ4n) is 2.15. The van der Waals surface area contributed by atoms with E-state index in [1.54, 1.807) is 0 Å². The van der Waals surface area contributed by atoms with Gasteiger partial charge in [-0.25, -0.2) is 0 Å². The second kappa shape index (κ2) is 10.0. The van der Waals surface area contributed by atoms with Crippen molar-refractivity contribution in [3.63, 3.8) is 0 Å². The number of aliphatic carboxylic acids is 1. The summed E-state index contributed by atoms with van der Waals surface area (Å²) < 4.78 is 0. The van der Waals surface area contributed by atoms with Crippen LogP contribution in [0.3, 0.4) is 0 Å². The van der Waals surface area contributed by atoms with Crippen LogP contribution in [0.15, 0.2) is 0 Å². The van der Waals surface area contributed by atoms with Crippen LogP contribution in [0.1, 0.15) is 47.5 Å². The van der Waals surface area contributed by atoms with Gasteiger partial charge in [-0.1, -0.05) is 46.4 Å². The summed E-state index contributed by atoms with van der Waals surface area (Å²) in [6, 6.07) is -0.155. The fourth-order valence-corrected chi connectivity index (χ4v) is 3.10. The topological polar surface area (TPSA) is 83.5 Å². The predicted octanol–water partition coefficient (Wildman–Crippen LogP) is 2.50. The molecule has 1 amide bonds. The molecule has 0 aliphatic rings. The van der Waals surface area contributed by atoms with Gasteiger partial charge in [0.1, 0.15) is 0 Å². The van der Waals surface area contributed by atoms with Gasteiger partial charge in [0.25, 0.3) is 0 Å². The van der Waals surface area contributed by atoms with Gasteiger partial charge in [-0.05, 0) is 24.1 Å². The van der Waals surface area contributed by atoms with Crippen LogP contribution >= 0.6 is 11.8 Å². The molecule has 0 aliphatic heterocycles. The summed E-state index contributed by atoms with van der Waals surface area (Å²) in [5, 5.41) is 11.7. The lowest BCUT2D eigenvalue weighted by Crippen LogP contribution is -2.46. The van der Waals surface area contributed by atoms with E-state index in [1.807, 2.05) is 34.6 Å². The number of carboxylic acid groups (broad SMARTS) is 1. The van der Waals surface area contributed by atoms with E-state index in [1.165, 1.54) is 0 Å². The Morgan fingerprint density at radius 1 is 1.22 bits per heavy atom. The standard InChI is InChI=1S/C16H28BNO4S/c1-10(2)12(9-23-14(21)8-17)18-15(22)11(16(3,4)5)6-7-13(19)20/h10-12H,6-9H2,1-5H3,(H,18,22)(H,19,20)/t11?,12-/m0/s1. The number of hydrogen-bond acceptors (Lipinski definition) is 4. The first-order valence-electron chi connectivity index (χ1n) is 7.86. The molecule has 0 bridgehead atoms. The molecule has 1 unspecified atom stereocenters. The third-order valence-electron chi connectivity index (χ3n) is 3.73. The van der Waals surface area contributed by atoms with E-state index in [-0.39, 0.29) is 41.1 Å². The average Bonchev–Trinajstić information content (AvgIpc) is 2.40. The van der Waals surface area contributed by atoms with Gasteiger partial charge in [-0.3, -0.25) is 14.4 Å². The summed E-state index contributed by atoms with van der Waals surface area (Å²) in [4.78, 5) is 34.8. The maximum absolute atomic E-state index is 12.6. The van der Waals surface area contributed by atoms with Gasteiger partial charge >= 0.3 is 5.97 Å². The highest BCUT2D eigenvalue weighted by atomic mass is 32.2. The van der Waals surface area contributed by atoms with Gasteiger partial charge in [0.15, 0.2) is 5.12 Å². The van der Waals surface area contributed by atoms with Crippen molar-refractivity contribution in [2.75, 3.05) is 5.75 Å². The highest BCUT2D eigenvalue weighted by Crippen LogP contribution is 2.30. The molecule has 0 aliphatic carbocycles. The van der Waals surface area contributed by atoms with Gasteiger partial charge in [0.2, 0.25) is 5.91 Å². The lowest BCUT2D eigenvalue weighted by molar-refractivity contribution is -0.138. The smallest absolute Gasteiger partial charge is 0.303 e. The molecule has 0 rings (SSSR count). The number of amides is 1. The Labute approximate surface area is 144 Å². The summed E-state index contributed by atoms with van der Waals surface area (Å²) >= 11 is 1.12. The number of rotatable bonds is 9. The zero-order valence-corrected chi connectivity index (χ0v) is 15.5. The molecule has 2 atom stereocenters. The van der Waals surface area contributed by atoms with Gasteiger partial charge < -0.3 is 10.4 Å². The van der Waals surface area contributed by atoms with E-state index in [9.17, 15) is 14.4 Å². The van der Waals surface area contributed by atoms with Crippen LogP contribution in [0.25, 0.3) is 0 Å². The Morgan fingerprint density at radius 3 is 2.17 bits per heavy atom. The molecule has 0 heterocycles. The van der Waals surface area contributed by atoms with Crippen LogP contribution in [0.5, 0.6) is 0 Å². The van der Waals surface area contributed by atoms with Crippen molar-refractivity contribution < 1.29 is 19.5 Å². The lowest BCUT2D eigenvalue weighted by Gasteiger charge is -2.32. The summed E-state index contributed by atoms with van der Waals surface area (Å²) in [6.07, 6.45) is 0.235. The molecular weight excluding hydrogens is 313 g/mol. The molecule has 7 heteroatoms. The number of thioether (sulfide) groups is 1. The largest absolute Gasteiger partial charge is 0.481 e. The molecule has 0 saturated heterocycles. The molecule has 130 valence electrons. The Morgan fingerprint density at radius 2 is 1.78 bits per heavy atom. The number of hydrogen-bond donors (Lipinski definition) is 2. The number of nitrogens with one attached hydrogen (secondary N) is 1. The predicted molar refractivity (Wildman–Crippen MR) is 94.6 cm³/mol. The second-order valence-corrected chi connectivity index (χ2v) is 8.17. The van der Waals surface area contributed by atoms with Crippen LogP contribution in [0.4, 0.5) is 0 Å². The van der Waals surface area contributed by atoms with Gasteiger partial charge in [-0.15, -0.1) is 0 Å². The average molecular weight is 341 g/mol. The molecule has 23 heavy (non-hydrogen) atoms. The molecule has 0 saturated carbocycles. The quantitative estimate of drug-likeness (QED) is 0.630. The zero-order chi connectivity index (χ0) is 18.2. The Kier molecular flexibility index (Phi) is 9.58. The lowest BCUT2D eigenvalue weighted by atomic mass is 9.77. The monoisotopic (exact) mass is 341 g/mol. The zero-order valence-electron chi connectivity index (χ0n) is 14.7. The number of carboxylic acids is 1. The van der Waals surface area contributed by atoms with Crippen LogP contribution in [-0.4, -0.2) is 41.7 Å². The number of carbonyl (C=O) groups excluding carboxylic acids is 2. The minimum Gasteiger partial charge on any atom is -0.481 e. The molecule has 0 aromatic heterocycles. The van der Waals surface area contributed by atoms with Crippen LogP contribution in [0, 0.1) is 17.3 Å². The molecule has 2 N–H and O–H groups in total. The molecule has 5 nitrogen and oxygen atoms in total. The van der Waals surface area contributed by atoms with Gasteiger partial charge in [-0.2, -0.15) is 0 Å². The second-order valence-electron chi connectivity index (χ2n) is 7.10. The van der Waals surface area contributed by atoms with E-state index < -0.39 is 11.9 Å². The van der Waals surface area contributed by atoms with Crippen molar-refractivity contribution in [3.05, 3.63) is 0 Å². The van der Waals surface area contributed by atoms with E-state index in [0.717, 1.165) is 11.8 Å². The van der Waals surface area contributed by atoms with Crippen molar-refractivity contribution in [1.82, 2.24) is 5.32 Å². The minimum absolute atomic E-state index is 0.0212. The maximum Gasteiger partial charge on any atom is 0.303 e. The molecular formula is C16H28BNO4S. The molecule has 0 spiro atoms. The van der Waals surface area contributed by atoms with E-state index >= 15 is 0 Å². The summed E-state index contributed by atoms with van der Waals surface area (Å²) in [7, 11) is 5.30. The Hall–Kier alpha value is -0.975. The van der Waals surface area contributed by atoms with Crippen molar-refractivity contribution >= 4 is 36.6 Å². The van der Waals surface area contributed by atoms with Crippen molar-refractivity contribution in [1.29, 1.82) is 0 Å². The van der Waals surface area contributed by atoms with Crippen LogP contribution in [-0.2, 0) is 14.4 Å². The molecule has 2 radical (unpaired) electrons. The summed E-state index contributed by atoms with van der Waals surface area (Å²) in [6.45, 7) is 9.73. The highest BCUT2D eigenvalue weighted by Gasteiger charge is 2.33. The Balaban J connectivity index is 4.88. The molecule has 0 fully saturated rings. The van der Waals surface area contributed by atoms with Crippen molar-refractivity contribution in [2.24, 2.45) is 17.3 Å². The third-order valence-corrected chi connectivity index (χ3v) is 4.75. The minimum atomic E-state index is -0.906. The number of carbonyl (C=O) groups is 3. The van der Waals surface area contributed by atoms with E-state index in [0.29, 0.717) is 12.2 Å². The first-order chi connectivity index (χ1) is 10.5. The van der Waals surface area contributed by atoms with E-state index in [4.69, 9.17) is 13.0 Å². The molecule has 0 aromatic carbocycles. The van der Waals surface area contributed by atoms with E-state index in [2.05, 4.69) is 5.32 Å². The van der Waals surface area contributed by atoms with Gasteiger partial charge in [0.05, 0.1) is 7.85 Å². The SMILES string of the molecule is [B]CC(=O)SC[C@H](NC(=O)C(CCC(=O)O)C(C)(C)C)C(C)C. The normalized spacial score (nSPS) is 14.3. The van der Waals surface area contributed by atoms with Crippen LogP contribution in [0.2, 0.25) is 6.32 Å². The highest BCUT2D eigenvalue weighted by molar-refractivity contribution is 8.13. The fraction of sp³-hybridized carbons (Fsp3) is 0.812. The summed E-state index contributed by atoms with van der Waals surface area (Å²) in [5.74, 6) is -0.822. The third kappa shape index (κ3) is 9.03.